The van der Waals surface area contributed by atoms with E-state index in [0.717, 1.165) is 37.4 Å². The molecular weight excluding hydrogens is 467 g/mol. The molecule has 148 valence electrons. The molecule has 0 bridgehead atoms. The topological polar surface area (TPSA) is 97.0 Å². The summed E-state index contributed by atoms with van der Waals surface area (Å²) in [4.78, 5) is 6.74. The molecule has 1 aromatic rings. The van der Waals surface area contributed by atoms with E-state index in [9.17, 15) is 8.42 Å². The third-order valence-corrected chi connectivity index (χ3v) is 5.80. The molecule has 0 unspecified atom stereocenters. The zero-order valence-corrected chi connectivity index (χ0v) is 18.5. The van der Waals surface area contributed by atoms with Gasteiger partial charge in [-0.1, -0.05) is 19.1 Å². The second-order valence-electron chi connectivity index (χ2n) is 6.38. The maximum Gasteiger partial charge on any atom is 0.240 e. The molecule has 1 aromatic carbocycles. The molecule has 9 heteroatoms. The Morgan fingerprint density at radius 2 is 2.08 bits per heavy atom. The number of hydrogen-bond acceptors (Lipinski definition) is 4. The summed E-state index contributed by atoms with van der Waals surface area (Å²) in [5, 5.41) is 0. The van der Waals surface area contributed by atoms with Crippen LogP contribution < -0.4 is 10.5 Å². The number of likely N-dealkylation sites (tertiary alicyclic amines) is 1. The van der Waals surface area contributed by atoms with Gasteiger partial charge in [0.1, 0.15) is 0 Å². The molecular formula is C17H29IN4O3S. The van der Waals surface area contributed by atoms with Gasteiger partial charge in [-0.2, -0.15) is 0 Å². The fourth-order valence-corrected chi connectivity index (χ4v) is 3.77. The Labute approximate surface area is 173 Å². The van der Waals surface area contributed by atoms with Gasteiger partial charge in [-0.05, 0) is 36.5 Å². The number of nitrogens with zero attached hydrogens (tertiary/aromatic N) is 2. The van der Waals surface area contributed by atoms with Crippen molar-refractivity contribution in [2.75, 3.05) is 33.4 Å². The van der Waals surface area contributed by atoms with E-state index in [0.29, 0.717) is 19.1 Å². The van der Waals surface area contributed by atoms with Crippen molar-refractivity contribution >= 4 is 40.0 Å². The highest BCUT2D eigenvalue weighted by Crippen LogP contribution is 2.16. The summed E-state index contributed by atoms with van der Waals surface area (Å²) in [5.74, 6) is 1.26. The van der Waals surface area contributed by atoms with Crippen LogP contribution in [0.1, 0.15) is 25.3 Å². The highest BCUT2D eigenvalue weighted by atomic mass is 127. The molecule has 0 aromatic heterocycles. The normalized spacial score (nSPS) is 16.4. The van der Waals surface area contributed by atoms with Crippen molar-refractivity contribution in [1.82, 2.24) is 9.62 Å². The number of guanidine groups is 1. The van der Waals surface area contributed by atoms with Gasteiger partial charge < -0.3 is 15.4 Å². The van der Waals surface area contributed by atoms with Crippen molar-refractivity contribution in [1.29, 1.82) is 0 Å². The lowest BCUT2D eigenvalue weighted by molar-refractivity contribution is 0.204. The van der Waals surface area contributed by atoms with E-state index in [4.69, 9.17) is 10.5 Å². The Kier molecular flexibility index (Phi) is 9.83. The van der Waals surface area contributed by atoms with E-state index in [1.807, 2.05) is 6.07 Å². The quantitative estimate of drug-likeness (QED) is 0.260. The van der Waals surface area contributed by atoms with Crippen molar-refractivity contribution in [3.05, 3.63) is 29.8 Å². The van der Waals surface area contributed by atoms with Gasteiger partial charge in [0.15, 0.2) is 5.96 Å². The molecule has 7 nitrogen and oxygen atoms in total. The lowest BCUT2D eigenvalue weighted by Crippen LogP contribution is -2.42. The Bertz CT molecular complexity index is 689. The summed E-state index contributed by atoms with van der Waals surface area (Å²) in [6.45, 7) is 5.02. The van der Waals surface area contributed by atoms with Crippen LogP contribution in [-0.2, 0) is 21.3 Å². The molecule has 0 spiro atoms. The third kappa shape index (κ3) is 7.01. The van der Waals surface area contributed by atoms with Gasteiger partial charge in [0.2, 0.25) is 10.0 Å². The molecule has 0 radical (unpaired) electrons. The summed E-state index contributed by atoms with van der Waals surface area (Å²) in [6.07, 6.45) is 2.24. The van der Waals surface area contributed by atoms with Gasteiger partial charge in [-0.25, -0.2) is 18.1 Å². The van der Waals surface area contributed by atoms with Gasteiger partial charge in [0.05, 0.1) is 18.0 Å². The lowest BCUT2D eigenvalue weighted by Gasteiger charge is -2.31. The highest BCUT2D eigenvalue weighted by Gasteiger charge is 2.17. The first-order valence-electron chi connectivity index (χ1n) is 8.55. The standard InChI is InChI=1S/C17H28N4O3S.HI/c1-14-6-9-21(10-7-14)17(18)19-13-15-4-3-5-16(12-15)25(22,23)20-8-11-24-2;/h3-5,12,14,20H,6-11,13H2,1-2H3,(H2,18,19);1H. The number of halogens is 1. The number of nitrogens with two attached hydrogens (primary N) is 1. The zero-order valence-electron chi connectivity index (χ0n) is 15.3. The number of methoxy groups -OCH3 is 1. The number of hydrogen-bond donors (Lipinski definition) is 2. The number of piperidine rings is 1. The predicted molar refractivity (Wildman–Crippen MR) is 114 cm³/mol. The molecule has 1 aliphatic heterocycles. The van der Waals surface area contributed by atoms with Crippen LogP contribution >= 0.6 is 24.0 Å². The highest BCUT2D eigenvalue weighted by molar-refractivity contribution is 14.0. The van der Waals surface area contributed by atoms with Gasteiger partial charge in [0.25, 0.3) is 0 Å². The van der Waals surface area contributed by atoms with Crippen molar-refractivity contribution in [2.24, 2.45) is 16.6 Å². The maximum absolute atomic E-state index is 12.2. The first kappa shape index (κ1) is 23.1. The largest absolute Gasteiger partial charge is 0.383 e. The number of sulfonamides is 1. The van der Waals surface area contributed by atoms with Crippen LogP contribution in [-0.4, -0.2) is 52.6 Å². The average Bonchev–Trinajstić information content (AvgIpc) is 2.61. The molecule has 0 saturated carbocycles. The molecule has 1 aliphatic rings. The van der Waals surface area contributed by atoms with Crippen LogP contribution in [0.25, 0.3) is 0 Å². The summed E-state index contributed by atoms with van der Waals surface area (Å²) in [7, 11) is -2.01. The number of aliphatic imine (C=N–C) groups is 1. The number of ether oxygens (including phenoxy) is 1. The molecule has 1 fully saturated rings. The predicted octanol–water partition coefficient (Wildman–Crippen LogP) is 1.78. The number of benzene rings is 1. The summed E-state index contributed by atoms with van der Waals surface area (Å²) in [6, 6.07) is 6.76. The summed E-state index contributed by atoms with van der Waals surface area (Å²) in [5.41, 5.74) is 6.89. The molecule has 3 N–H and O–H groups in total. The Morgan fingerprint density at radius 3 is 2.73 bits per heavy atom. The molecule has 0 amide bonds. The van der Waals surface area contributed by atoms with Crippen LogP contribution in [0.3, 0.4) is 0 Å². The van der Waals surface area contributed by atoms with E-state index < -0.39 is 10.0 Å². The van der Waals surface area contributed by atoms with E-state index in [2.05, 4.69) is 21.5 Å². The number of nitrogens with one attached hydrogen (secondary N) is 1. The Hall–Kier alpha value is -0.910. The van der Waals surface area contributed by atoms with Crippen molar-refractivity contribution in [3.8, 4) is 0 Å². The molecule has 1 heterocycles. The van der Waals surface area contributed by atoms with Crippen LogP contribution in [0, 0.1) is 5.92 Å². The van der Waals surface area contributed by atoms with Gasteiger partial charge >= 0.3 is 0 Å². The fraction of sp³-hybridized carbons (Fsp3) is 0.588. The minimum atomic E-state index is -3.54. The van der Waals surface area contributed by atoms with Gasteiger partial charge in [-0.3, -0.25) is 0 Å². The maximum atomic E-state index is 12.2. The van der Waals surface area contributed by atoms with Gasteiger partial charge in [0, 0.05) is 26.7 Å². The SMILES string of the molecule is COCCNS(=O)(=O)c1cccc(CN=C(N)N2CCC(C)CC2)c1.I. The first-order chi connectivity index (χ1) is 11.9. The van der Waals surface area contributed by atoms with Crippen LogP contribution in [0.2, 0.25) is 0 Å². The first-order valence-corrected chi connectivity index (χ1v) is 10.0. The van der Waals surface area contributed by atoms with Crippen molar-refractivity contribution in [2.45, 2.75) is 31.2 Å². The summed E-state index contributed by atoms with van der Waals surface area (Å²) >= 11 is 0. The smallest absolute Gasteiger partial charge is 0.240 e. The van der Waals surface area contributed by atoms with Crippen molar-refractivity contribution in [3.63, 3.8) is 0 Å². The van der Waals surface area contributed by atoms with Crippen LogP contribution in [0.15, 0.2) is 34.2 Å². The monoisotopic (exact) mass is 496 g/mol. The van der Waals surface area contributed by atoms with Crippen molar-refractivity contribution < 1.29 is 13.2 Å². The fourth-order valence-electron chi connectivity index (χ4n) is 2.68. The third-order valence-electron chi connectivity index (χ3n) is 4.34. The molecule has 26 heavy (non-hydrogen) atoms. The second-order valence-corrected chi connectivity index (χ2v) is 8.15. The van der Waals surface area contributed by atoms with E-state index in [-0.39, 0.29) is 35.4 Å². The minimum Gasteiger partial charge on any atom is -0.383 e. The number of rotatable bonds is 7. The Balaban J connectivity index is 0.00000338. The van der Waals surface area contributed by atoms with Gasteiger partial charge in [-0.15, -0.1) is 24.0 Å². The molecule has 0 aliphatic carbocycles. The minimum absolute atomic E-state index is 0. The lowest BCUT2D eigenvalue weighted by atomic mass is 10.00. The molecule has 1 saturated heterocycles. The summed E-state index contributed by atoms with van der Waals surface area (Å²) < 4.78 is 31.8. The van der Waals surface area contributed by atoms with E-state index in [1.54, 1.807) is 18.2 Å². The molecule has 0 atom stereocenters. The second kappa shape index (κ2) is 11.1. The Morgan fingerprint density at radius 1 is 1.38 bits per heavy atom. The van der Waals surface area contributed by atoms with E-state index >= 15 is 0 Å². The zero-order chi connectivity index (χ0) is 18.3. The van der Waals surface area contributed by atoms with Crippen LogP contribution in [0.5, 0.6) is 0 Å². The molecule has 2 rings (SSSR count). The van der Waals surface area contributed by atoms with Crippen LogP contribution in [0.4, 0.5) is 0 Å². The van der Waals surface area contributed by atoms with E-state index in [1.165, 1.54) is 7.11 Å². The average molecular weight is 496 g/mol.